The summed E-state index contributed by atoms with van der Waals surface area (Å²) in [5.41, 5.74) is -0.0425. The Morgan fingerprint density at radius 3 is 2.37 bits per heavy atom. The number of nitrogens with zero attached hydrogens (tertiary/aromatic N) is 3. The van der Waals surface area contributed by atoms with Crippen molar-refractivity contribution in [2.45, 2.75) is 31.1 Å². The summed E-state index contributed by atoms with van der Waals surface area (Å²) in [4.78, 5) is 55.2. The van der Waals surface area contributed by atoms with Gasteiger partial charge in [-0.05, 0) is 0 Å². The Labute approximate surface area is 166 Å². The Morgan fingerprint density at radius 1 is 1.07 bits per heavy atom. The van der Waals surface area contributed by atoms with E-state index in [2.05, 4.69) is 23.1 Å². The first-order chi connectivity index (χ1) is 13.7. The van der Waals surface area contributed by atoms with E-state index in [-0.39, 0.29) is 23.7 Å². The van der Waals surface area contributed by atoms with Crippen LogP contribution in [0, 0.1) is 0 Å². The van der Waals surface area contributed by atoms with Crippen LogP contribution in [0.2, 0.25) is 0 Å². The van der Waals surface area contributed by atoms with E-state index >= 15 is 0 Å². The molecule has 0 aromatic carbocycles. The lowest BCUT2D eigenvalue weighted by molar-refractivity contribution is -0.133. The molecule has 0 saturated carbocycles. The number of aromatic nitrogens is 2. The molecule has 0 spiro atoms. The van der Waals surface area contributed by atoms with Crippen molar-refractivity contribution in [3.8, 4) is 0 Å². The summed E-state index contributed by atoms with van der Waals surface area (Å²) < 4.78 is 51.5. The van der Waals surface area contributed by atoms with Crippen LogP contribution in [-0.4, -0.2) is 69.8 Å². The molecule has 1 saturated heterocycles. The highest BCUT2D eigenvalue weighted by atomic mass is 31.3. The molecule has 2 aliphatic rings. The highest BCUT2D eigenvalue weighted by Crippen LogP contribution is 2.67. The molecular formula is C10H14N3O14P3. The minimum Gasteiger partial charge on any atom is -0.385 e. The first-order valence-electron chi connectivity index (χ1n) is 7.65. The number of carbonyl (C=O) groups is 1. The van der Waals surface area contributed by atoms with Crippen LogP contribution in [0.25, 0.3) is 0 Å². The van der Waals surface area contributed by atoms with E-state index in [9.17, 15) is 33.6 Å². The van der Waals surface area contributed by atoms with E-state index in [0.29, 0.717) is 0 Å². The van der Waals surface area contributed by atoms with Gasteiger partial charge >= 0.3 is 23.5 Å². The predicted octanol–water partition coefficient (Wildman–Crippen LogP) is -0.908. The Bertz CT molecular complexity index is 1020. The van der Waals surface area contributed by atoms with E-state index in [1.54, 1.807) is 0 Å². The summed E-state index contributed by atoms with van der Waals surface area (Å²) in [5, 5.41) is 20.2. The maximum atomic E-state index is 11.9. The van der Waals surface area contributed by atoms with Crippen LogP contribution >= 0.6 is 23.5 Å². The van der Waals surface area contributed by atoms with E-state index in [1.807, 2.05) is 0 Å². The number of carbonyl (C=O) groups excluding carboxylic acids is 1. The van der Waals surface area contributed by atoms with E-state index in [4.69, 9.17) is 19.4 Å². The minimum atomic E-state index is -5.79. The number of ether oxygens (including phenoxy) is 1. The third kappa shape index (κ3) is 5.18. The molecule has 20 heteroatoms. The summed E-state index contributed by atoms with van der Waals surface area (Å²) in [6.07, 6.45) is -5.15. The Balaban J connectivity index is 1.75. The molecule has 1 fully saturated rings. The molecule has 3 rings (SSSR count). The topological polar surface area (TPSA) is 257 Å². The van der Waals surface area contributed by atoms with Gasteiger partial charge in [-0.3, -0.25) is 13.9 Å². The van der Waals surface area contributed by atoms with E-state index < -0.39 is 48.2 Å². The van der Waals surface area contributed by atoms with Crippen molar-refractivity contribution in [3.05, 3.63) is 12.0 Å². The number of aliphatic hydroxyl groups excluding tert-OH is 2. The molecule has 0 radical (unpaired) electrons. The lowest BCUT2D eigenvalue weighted by atomic mass is 10.2. The van der Waals surface area contributed by atoms with Gasteiger partial charge in [0.2, 0.25) is 0 Å². The van der Waals surface area contributed by atoms with Gasteiger partial charge in [0.25, 0.3) is 0 Å². The SMILES string of the molecule is O=C1CC=Nc2c1ncn2C1OC(OP(=O)(O)OP(=O)(O)OP(=O)(O)O)C(O)C1O. The minimum absolute atomic E-state index is 0.00458. The second-order valence-corrected chi connectivity index (χ2v) is 10.2. The Kier molecular flexibility index (Phi) is 6.33. The number of fused-ring (bicyclic) bond motifs is 1. The number of hydrogen-bond acceptors (Lipinski definition) is 12. The van der Waals surface area contributed by atoms with Gasteiger partial charge in [-0.15, -0.1) is 0 Å². The predicted molar refractivity (Wildman–Crippen MR) is 90.2 cm³/mol. The van der Waals surface area contributed by atoms with Crippen molar-refractivity contribution < 1.29 is 66.2 Å². The number of aliphatic imine (C=N–C) groups is 1. The zero-order chi connectivity index (χ0) is 22.5. The first kappa shape index (κ1) is 23.5. The van der Waals surface area contributed by atoms with Crippen molar-refractivity contribution in [1.82, 2.24) is 9.55 Å². The summed E-state index contributed by atoms with van der Waals surface area (Å²) in [5.74, 6) is -0.405. The smallest absolute Gasteiger partial charge is 0.385 e. The second-order valence-electron chi connectivity index (χ2n) is 5.84. The molecule has 6 unspecified atom stereocenters. The van der Waals surface area contributed by atoms with E-state index in [0.717, 1.165) is 10.9 Å². The van der Waals surface area contributed by atoms with Gasteiger partial charge in [0, 0.05) is 12.6 Å². The number of hydrogen-bond donors (Lipinski definition) is 6. The van der Waals surface area contributed by atoms with Crippen LogP contribution < -0.4 is 0 Å². The molecule has 0 bridgehead atoms. The number of Topliss-reactive ketones (excluding diaryl/α,β-unsaturated/α-hetero) is 1. The molecule has 6 N–H and O–H groups in total. The van der Waals surface area contributed by atoms with Crippen molar-refractivity contribution in [3.63, 3.8) is 0 Å². The summed E-state index contributed by atoms with van der Waals surface area (Å²) in [6, 6.07) is 0. The average molecular weight is 493 g/mol. The number of phosphoric acid groups is 3. The van der Waals surface area contributed by atoms with Crippen molar-refractivity contribution in [2.75, 3.05) is 0 Å². The van der Waals surface area contributed by atoms with Gasteiger partial charge in [0.05, 0.1) is 6.33 Å². The molecule has 30 heavy (non-hydrogen) atoms. The lowest BCUT2D eigenvalue weighted by Crippen LogP contribution is -2.32. The molecule has 1 aromatic heterocycles. The fourth-order valence-electron chi connectivity index (χ4n) is 2.55. The van der Waals surface area contributed by atoms with Gasteiger partial charge in [-0.25, -0.2) is 23.7 Å². The maximum absolute atomic E-state index is 11.9. The Hall–Kier alpha value is -1.16. The van der Waals surface area contributed by atoms with Crippen LogP contribution in [0.15, 0.2) is 11.3 Å². The molecule has 6 atom stereocenters. The van der Waals surface area contributed by atoms with Crippen molar-refractivity contribution in [1.29, 1.82) is 0 Å². The van der Waals surface area contributed by atoms with Gasteiger partial charge in [-0.2, -0.15) is 8.62 Å². The van der Waals surface area contributed by atoms with Crippen LogP contribution in [0.4, 0.5) is 5.82 Å². The molecule has 17 nitrogen and oxygen atoms in total. The molecule has 0 aliphatic carbocycles. The highest BCUT2D eigenvalue weighted by molar-refractivity contribution is 7.66. The molecule has 0 amide bonds. The average Bonchev–Trinajstić information content (AvgIpc) is 3.09. The third-order valence-corrected chi connectivity index (χ3v) is 7.45. The third-order valence-electron chi connectivity index (χ3n) is 3.64. The number of aliphatic hydroxyl groups is 2. The number of rotatable bonds is 7. The van der Waals surface area contributed by atoms with Gasteiger partial charge in [-0.1, -0.05) is 0 Å². The normalized spacial score (nSPS) is 30.7. The molecule has 2 aliphatic heterocycles. The van der Waals surface area contributed by atoms with E-state index in [1.165, 1.54) is 6.21 Å². The maximum Gasteiger partial charge on any atom is 0.490 e. The first-order valence-corrected chi connectivity index (χ1v) is 12.2. The molecular weight excluding hydrogens is 479 g/mol. The van der Waals surface area contributed by atoms with Crippen LogP contribution in [0.1, 0.15) is 23.1 Å². The number of phosphoric ester groups is 1. The van der Waals surface area contributed by atoms with Crippen molar-refractivity contribution in [2.24, 2.45) is 4.99 Å². The summed E-state index contributed by atoms with van der Waals surface area (Å²) in [6.45, 7) is 0. The van der Waals surface area contributed by atoms with Crippen LogP contribution in [0.3, 0.4) is 0 Å². The van der Waals surface area contributed by atoms with Crippen LogP contribution in [0.5, 0.6) is 0 Å². The number of ketones is 1. The lowest BCUT2D eigenvalue weighted by Gasteiger charge is -2.20. The quantitative estimate of drug-likeness (QED) is 0.251. The summed E-state index contributed by atoms with van der Waals surface area (Å²) >= 11 is 0. The molecule has 1 aromatic rings. The largest absolute Gasteiger partial charge is 0.490 e. The van der Waals surface area contributed by atoms with Gasteiger partial charge in [0.15, 0.2) is 29.8 Å². The monoisotopic (exact) mass is 493 g/mol. The highest BCUT2D eigenvalue weighted by Gasteiger charge is 2.50. The number of imidazole rings is 1. The standard InChI is InChI=1S/C10H14N3O14P3/c14-4-1-2-11-8-5(4)12-3-13(8)9-6(15)7(16)10(24-9)25-29(20,21)27-30(22,23)26-28(17,18)19/h2-3,6-7,9-10,15-16H,1H2,(H,20,21)(H,22,23)(H2,17,18,19). The summed E-state index contributed by atoms with van der Waals surface area (Å²) in [7, 11) is -17.0. The molecule has 3 heterocycles. The zero-order valence-corrected chi connectivity index (χ0v) is 17.0. The Morgan fingerprint density at radius 2 is 1.73 bits per heavy atom. The van der Waals surface area contributed by atoms with Gasteiger partial charge in [0.1, 0.15) is 12.2 Å². The van der Waals surface area contributed by atoms with Gasteiger partial charge < -0.3 is 34.5 Å². The van der Waals surface area contributed by atoms with Crippen LogP contribution in [-0.2, 0) is 31.6 Å². The fraction of sp³-hybridized carbons (Fsp3) is 0.500. The molecule has 168 valence electrons. The van der Waals surface area contributed by atoms with Crippen molar-refractivity contribution >= 4 is 41.3 Å². The fourth-order valence-corrected chi connectivity index (χ4v) is 5.65. The second kappa shape index (κ2) is 8.07. The zero-order valence-electron chi connectivity index (χ0n) is 14.3.